The van der Waals surface area contributed by atoms with E-state index in [9.17, 15) is 49.8 Å². The molecule has 0 unspecified atom stereocenters. The van der Waals surface area contributed by atoms with Gasteiger partial charge in [0, 0.05) is 61.2 Å². The summed E-state index contributed by atoms with van der Waals surface area (Å²) in [5, 5.41) is 73.6. The summed E-state index contributed by atoms with van der Waals surface area (Å²) in [6.45, 7) is 12.2. The first kappa shape index (κ1) is 46.6. The Morgan fingerprint density at radius 2 is 1.58 bits per heavy atom. The molecule has 0 radical (unpaired) electrons. The lowest BCUT2D eigenvalue weighted by Gasteiger charge is -2.38. The van der Waals surface area contributed by atoms with Crippen LogP contribution >= 0.6 is 0 Å². The first-order valence-corrected chi connectivity index (χ1v) is 19.8. The van der Waals surface area contributed by atoms with Gasteiger partial charge in [-0.15, -0.1) is 0 Å². The number of amides is 1. The number of carboxylic acids is 1. The van der Waals surface area contributed by atoms with Crippen molar-refractivity contribution in [3.8, 4) is 23.0 Å². The van der Waals surface area contributed by atoms with E-state index in [0.717, 1.165) is 12.5 Å². The highest BCUT2D eigenvalue weighted by Crippen LogP contribution is 2.55. The van der Waals surface area contributed by atoms with Crippen LogP contribution in [0, 0.1) is 30.6 Å². The number of carbonyl (C=O) groups is 4. The zero-order valence-corrected chi connectivity index (χ0v) is 35.8. The van der Waals surface area contributed by atoms with E-state index in [1.807, 2.05) is 0 Å². The van der Waals surface area contributed by atoms with Gasteiger partial charge >= 0.3 is 17.7 Å². The molecule has 332 valence electrons. The Morgan fingerprint density at radius 1 is 0.919 bits per heavy atom. The van der Waals surface area contributed by atoms with Gasteiger partial charge < -0.3 is 54.9 Å². The minimum atomic E-state index is -2.11. The maximum absolute atomic E-state index is 14.4. The molecule has 3 aliphatic rings. The highest BCUT2D eigenvalue weighted by Gasteiger charge is 2.50. The van der Waals surface area contributed by atoms with E-state index in [1.165, 1.54) is 77.3 Å². The van der Waals surface area contributed by atoms with Crippen molar-refractivity contribution >= 4 is 52.0 Å². The molecule has 3 aliphatic heterocycles. The van der Waals surface area contributed by atoms with Crippen molar-refractivity contribution < 1.29 is 68.8 Å². The standard InChI is InChI=1S/C45H53N3O14/c1-20-11-10-12-21(2)43(56)47-34-29(19-46-48-28-15-13-27(14-16-28)44(57)58)38(53)31-32(39(34)54)37(52)25(6)41-33(31)42(55)45(8,62-41)60-18-17-30(59-9)22(3)40(61-26(7)49)24(5)36(51)23(4)35(20)50/h10-20,22-24,30,35-36,40,48,50-54H,1-9H3,(H,47,56)(H,57,58)/b11-10+,18-17+,21-12-,46-19-/t20-,22+,23+,24+,30-,35-,36+,40+,45-/m0/s1. The van der Waals surface area contributed by atoms with E-state index in [0.29, 0.717) is 5.69 Å². The predicted octanol–water partition coefficient (Wildman–Crippen LogP) is 5.90. The van der Waals surface area contributed by atoms with Gasteiger partial charge in [0.15, 0.2) is 5.75 Å². The van der Waals surface area contributed by atoms with Gasteiger partial charge in [-0.05, 0) is 44.2 Å². The summed E-state index contributed by atoms with van der Waals surface area (Å²) in [6.07, 6.45) is 4.25. The van der Waals surface area contributed by atoms with Crippen LogP contribution in [0.5, 0.6) is 23.0 Å². The summed E-state index contributed by atoms with van der Waals surface area (Å²) in [4.78, 5) is 51.8. The Balaban J connectivity index is 1.70. The fourth-order valence-electron chi connectivity index (χ4n) is 7.73. The monoisotopic (exact) mass is 859 g/mol. The number of aliphatic hydroxyl groups excluding tert-OH is 2. The molecule has 0 aliphatic carbocycles. The lowest BCUT2D eigenvalue weighted by atomic mass is 9.78. The number of phenols is 3. The van der Waals surface area contributed by atoms with Crippen molar-refractivity contribution in [2.75, 3.05) is 17.9 Å². The minimum absolute atomic E-state index is 0.00514. The molecule has 62 heavy (non-hydrogen) atoms. The van der Waals surface area contributed by atoms with Gasteiger partial charge in [0.05, 0.1) is 64.2 Å². The summed E-state index contributed by atoms with van der Waals surface area (Å²) in [5.74, 6) is -10.2. The topological polar surface area (TPSA) is 263 Å². The molecule has 3 heterocycles. The second kappa shape index (κ2) is 18.7. The first-order chi connectivity index (χ1) is 29.1. The molecule has 5 bridgehead atoms. The summed E-state index contributed by atoms with van der Waals surface area (Å²) in [6, 6.07) is 5.54. The summed E-state index contributed by atoms with van der Waals surface area (Å²) >= 11 is 0. The number of phenolic OH excluding ortho intramolecular Hbond substituents is 3. The minimum Gasteiger partial charge on any atom is -0.507 e. The van der Waals surface area contributed by atoms with Gasteiger partial charge in [0.1, 0.15) is 23.4 Å². The lowest BCUT2D eigenvalue weighted by molar-refractivity contribution is -0.160. The highest BCUT2D eigenvalue weighted by molar-refractivity contribution is 6.24. The van der Waals surface area contributed by atoms with Gasteiger partial charge in [-0.2, -0.15) is 5.10 Å². The molecule has 0 saturated heterocycles. The van der Waals surface area contributed by atoms with Crippen LogP contribution in [0.4, 0.5) is 11.4 Å². The van der Waals surface area contributed by atoms with Crippen LogP contribution in [-0.2, 0) is 23.8 Å². The quantitative estimate of drug-likeness (QED) is 0.0472. The van der Waals surface area contributed by atoms with E-state index in [1.54, 1.807) is 33.8 Å². The number of aromatic hydroxyl groups is 3. The molecule has 17 nitrogen and oxygen atoms in total. The second-order valence-electron chi connectivity index (χ2n) is 15.9. The van der Waals surface area contributed by atoms with Crippen LogP contribution in [0.15, 0.2) is 65.5 Å². The zero-order chi connectivity index (χ0) is 46.0. The number of aromatic carboxylic acids is 1. The number of carboxylic acid groups (broad SMARTS) is 1. The molecule has 6 rings (SSSR count). The average molecular weight is 860 g/mol. The average Bonchev–Trinajstić information content (AvgIpc) is 3.50. The Labute approximate surface area is 358 Å². The number of allylic oxidation sites excluding steroid dienone is 2. The van der Waals surface area contributed by atoms with Gasteiger partial charge in [-0.3, -0.25) is 19.8 Å². The number of rotatable bonds is 6. The molecule has 0 aromatic heterocycles. The van der Waals surface area contributed by atoms with E-state index in [-0.39, 0.29) is 39.0 Å². The molecular formula is C45H53N3O14. The normalized spacial score (nSPS) is 29.0. The molecular weight excluding hydrogens is 807 g/mol. The number of methoxy groups -OCH3 is 1. The lowest BCUT2D eigenvalue weighted by Crippen LogP contribution is -2.46. The summed E-state index contributed by atoms with van der Waals surface area (Å²) < 4.78 is 23.5. The smallest absolute Gasteiger partial charge is 0.335 e. The SMILES string of the molecule is CO[C@H]1/C=C/O[C@@]2(C)Oc3c(C)c(O)c4c(O)c(c(/C=N\Nc5ccc(C(=O)O)cc5)c(O)c4c3C2=O)NC(=O)/C(C)=C\C=C\[C@H](C)[C@H](O)[C@@H](C)[C@@H](O)[C@@H](C)[C@H](OC(C)=O)[C@@H]1C. The number of esters is 1. The van der Waals surface area contributed by atoms with Crippen molar-refractivity contribution in [3.05, 3.63) is 82.7 Å². The summed E-state index contributed by atoms with van der Waals surface area (Å²) in [7, 11) is 1.41. The molecule has 9 atom stereocenters. The number of hydrazone groups is 1. The number of hydrogen-bond acceptors (Lipinski definition) is 15. The number of nitrogens with one attached hydrogen (secondary N) is 2. The number of aliphatic hydroxyl groups is 2. The third-order valence-electron chi connectivity index (χ3n) is 11.6. The third-order valence-corrected chi connectivity index (χ3v) is 11.6. The first-order valence-electron chi connectivity index (χ1n) is 19.8. The maximum Gasteiger partial charge on any atom is 0.335 e. The van der Waals surface area contributed by atoms with Crippen LogP contribution in [-0.4, -0.2) is 97.8 Å². The molecule has 3 aromatic carbocycles. The number of nitrogens with zero attached hydrogens (tertiary/aromatic N) is 1. The molecule has 17 heteroatoms. The van der Waals surface area contributed by atoms with E-state index in [4.69, 9.17) is 18.9 Å². The number of ketones is 1. The van der Waals surface area contributed by atoms with Gasteiger partial charge in [0.2, 0.25) is 0 Å². The van der Waals surface area contributed by atoms with Crippen molar-refractivity contribution in [2.24, 2.45) is 28.8 Å². The van der Waals surface area contributed by atoms with E-state index >= 15 is 0 Å². The van der Waals surface area contributed by atoms with Crippen LogP contribution in [0.1, 0.15) is 80.3 Å². The molecule has 0 saturated carbocycles. The molecule has 8 N–H and O–H groups in total. The second-order valence-corrected chi connectivity index (χ2v) is 15.9. The van der Waals surface area contributed by atoms with Gasteiger partial charge in [-0.25, -0.2) is 4.79 Å². The van der Waals surface area contributed by atoms with E-state index in [2.05, 4.69) is 15.8 Å². The van der Waals surface area contributed by atoms with Crippen LogP contribution in [0.25, 0.3) is 10.8 Å². The maximum atomic E-state index is 14.4. The highest BCUT2D eigenvalue weighted by atomic mass is 16.7. The molecule has 0 spiro atoms. The predicted molar refractivity (Wildman–Crippen MR) is 228 cm³/mol. The number of ether oxygens (including phenoxy) is 4. The van der Waals surface area contributed by atoms with Crippen LogP contribution in [0.3, 0.4) is 0 Å². The van der Waals surface area contributed by atoms with E-state index < -0.39 is 106 Å². The van der Waals surface area contributed by atoms with Crippen LogP contribution in [0.2, 0.25) is 0 Å². The Morgan fingerprint density at radius 3 is 2.19 bits per heavy atom. The molecule has 3 aromatic rings. The van der Waals surface area contributed by atoms with Crippen molar-refractivity contribution in [1.29, 1.82) is 0 Å². The number of fused-ring (bicyclic) bond motifs is 14. The van der Waals surface area contributed by atoms with Gasteiger partial charge in [-0.1, -0.05) is 45.9 Å². The number of carbonyl (C=O) groups excluding carboxylic acids is 3. The van der Waals surface area contributed by atoms with Crippen molar-refractivity contribution in [2.45, 2.75) is 85.6 Å². The van der Waals surface area contributed by atoms with Crippen molar-refractivity contribution in [1.82, 2.24) is 0 Å². The fraction of sp³-hybridized carbons (Fsp3) is 0.400. The Hall–Kier alpha value is -6.43. The Bertz CT molecular complexity index is 2370. The largest absolute Gasteiger partial charge is 0.507 e. The summed E-state index contributed by atoms with van der Waals surface area (Å²) in [5.41, 5.74) is 2.17. The fourth-order valence-corrected chi connectivity index (χ4v) is 7.73. The number of anilines is 2. The number of hydrogen-bond donors (Lipinski definition) is 8. The number of Topliss-reactive ketones (excluding diaryl/α,β-unsaturated/α-hetero) is 1. The number of benzene rings is 3. The van der Waals surface area contributed by atoms with Gasteiger partial charge in [0.25, 0.3) is 11.7 Å². The van der Waals surface area contributed by atoms with Crippen LogP contribution < -0.4 is 15.5 Å². The molecule has 1 amide bonds. The zero-order valence-electron chi connectivity index (χ0n) is 35.8. The van der Waals surface area contributed by atoms with Crippen molar-refractivity contribution in [3.63, 3.8) is 0 Å². The Kier molecular flexibility index (Phi) is 14.0. The molecule has 0 fully saturated rings. The third kappa shape index (κ3) is 9.10.